The van der Waals surface area contributed by atoms with Crippen molar-refractivity contribution in [2.45, 2.75) is 6.18 Å². The highest BCUT2D eigenvalue weighted by Crippen LogP contribution is 2.34. The third kappa shape index (κ3) is 4.31. The van der Waals surface area contributed by atoms with E-state index in [0.717, 1.165) is 6.07 Å². The quantitative estimate of drug-likeness (QED) is 0.244. The van der Waals surface area contributed by atoms with Gasteiger partial charge in [0, 0.05) is 5.56 Å². The van der Waals surface area contributed by atoms with Gasteiger partial charge in [-0.05, 0) is 48.5 Å². The fourth-order valence-corrected chi connectivity index (χ4v) is 3.10. The smallest absolute Gasteiger partial charge is 0.418 e. The summed E-state index contributed by atoms with van der Waals surface area (Å²) < 4.78 is 45.1. The second kappa shape index (κ2) is 8.54. The van der Waals surface area contributed by atoms with Gasteiger partial charge < -0.3 is 9.72 Å². The molecule has 0 aliphatic carbocycles. The van der Waals surface area contributed by atoms with E-state index in [0.29, 0.717) is 16.8 Å². The van der Waals surface area contributed by atoms with Gasteiger partial charge >= 0.3 is 6.18 Å². The second-order valence-electron chi connectivity index (χ2n) is 6.78. The maximum absolute atomic E-state index is 13.3. The van der Waals surface area contributed by atoms with Crippen molar-refractivity contribution in [3.05, 3.63) is 89.7 Å². The molecule has 4 aromatic rings. The van der Waals surface area contributed by atoms with Crippen LogP contribution < -0.4 is 10.2 Å². The van der Waals surface area contributed by atoms with E-state index in [4.69, 9.17) is 4.74 Å². The van der Waals surface area contributed by atoms with Crippen molar-refractivity contribution < 1.29 is 22.7 Å². The molecule has 2 N–H and O–H groups in total. The van der Waals surface area contributed by atoms with Gasteiger partial charge in [0.1, 0.15) is 5.75 Å². The van der Waals surface area contributed by atoms with Crippen LogP contribution in [0.1, 0.15) is 21.7 Å². The molecule has 0 aliphatic rings. The number of alkyl halides is 3. The van der Waals surface area contributed by atoms with E-state index >= 15 is 0 Å². The minimum Gasteiger partial charge on any atom is -0.497 e. The fourth-order valence-electron chi connectivity index (χ4n) is 3.10. The molecule has 0 amide bonds. The summed E-state index contributed by atoms with van der Waals surface area (Å²) in [6.45, 7) is 0. The average Bonchev–Trinajstić information content (AvgIpc) is 3.22. The number of Topliss-reactive ketones (excluding diaryl/α,β-unsaturated/α-hetero) is 1. The minimum atomic E-state index is -4.58. The van der Waals surface area contributed by atoms with E-state index in [1.165, 1.54) is 25.3 Å². The molecule has 0 saturated heterocycles. The number of aromatic amines is 1. The van der Waals surface area contributed by atoms with Gasteiger partial charge in [0.05, 0.1) is 29.4 Å². The maximum Gasteiger partial charge on any atom is 0.418 e. The molecule has 0 unspecified atom stereocenters. The van der Waals surface area contributed by atoms with Crippen LogP contribution in [-0.2, 0) is 6.18 Å². The molecule has 3 aromatic carbocycles. The molecule has 6 nitrogen and oxygen atoms in total. The van der Waals surface area contributed by atoms with Crippen molar-refractivity contribution in [2.75, 3.05) is 12.5 Å². The van der Waals surface area contributed by atoms with Crippen molar-refractivity contribution in [3.8, 4) is 5.75 Å². The van der Waals surface area contributed by atoms with E-state index in [2.05, 4.69) is 20.5 Å². The lowest BCUT2D eigenvalue weighted by Gasteiger charge is -2.12. The number of ether oxygens (including phenoxy) is 1. The average molecular weight is 438 g/mol. The summed E-state index contributed by atoms with van der Waals surface area (Å²) in [5, 5.41) is 4.04. The number of carbonyl (C=O) groups excluding carboxylic acids is 1. The summed E-state index contributed by atoms with van der Waals surface area (Å²) >= 11 is 0. The first kappa shape index (κ1) is 21.1. The van der Waals surface area contributed by atoms with Gasteiger partial charge in [-0.2, -0.15) is 18.3 Å². The lowest BCUT2D eigenvalue weighted by molar-refractivity contribution is -0.136. The Balaban J connectivity index is 1.78. The van der Waals surface area contributed by atoms with E-state index in [1.807, 2.05) is 0 Å². The van der Waals surface area contributed by atoms with Crippen molar-refractivity contribution in [2.24, 2.45) is 5.10 Å². The first-order valence-electron chi connectivity index (χ1n) is 9.50. The van der Waals surface area contributed by atoms with Crippen LogP contribution in [0.15, 0.2) is 77.9 Å². The van der Waals surface area contributed by atoms with Crippen molar-refractivity contribution >= 4 is 28.2 Å². The molecular formula is C23H17F3N4O2. The highest BCUT2D eigenvalue weighted by Gasteiger charge is 2.33. The number of hydrazone groups is 1. The number of fused-ring (bicyclic) bond motifs is 1. The van der Waals surface area contributed by atoms with Crippen LogP contribution in [0.3, 0.4) is 0 Å². The molecule has 162 valence electrons. The van der Waals surface area contributed by atoms with Crippen LogP contribution in [0.4, 0.5) is 18.9 Å². The molecule has 0 bridgehead atoms. The van der Waals surface area contributed by atoms with Crippen LogP contribution in [-0.4, -0.2) is 28.6 Å². The second-order valence-corrected chi connectivity index (χ2v) is 6.78. The Morgan fingerprint density at radius 3 is 2.38 bits per heavy atom. The molecule has 1 heterocycles. The highest BCUT2D eigenvalue weighted by molar-refractivity contribution is 6.50. The third-order valence-electron chi connectivity index (χ3n) is 4.70. The monoisotopic (exact) mass is 438 g/mol. The highest BCUT2D eigenvalue weighted by atomic mass is 19.4. The zero-order valence-corrected chi connectivity index (χ0v) is 16.8. The van der Waals surface area contributed by atoms with Gasteiger partial charge in [-0.25, -0.2) is 4.98 Å². The molecule has 1 aromatic heterocycles. The number of hydrogen-bond acceptors (Lipinski definition) is 5. The maximum atomic E-state index is 13.3. The summed E-state index contributed by atoms with van der Waals surface area (Å²) in [7, 11) is 1.50. The normalized spacial score (nSPS) is 12.1. The van der Waals surface area contributed by atoms with Gasteiger partial charge in [-0.15, -0.1) is 0 Å². The Morgan fingerprint density at radius 2 is 1.69 bits per heavy atom. The van der Waals surface area contributed by atoms with Gasteiger partial charge in [0.15, 0.2) is 11.5 Å². The number of hydrogen-bond donors (Lipinski definition) is 2. The SMILES string of the molecule is COc1ccc(C(=O)/C(=N\Nc2ccccc2C(F)(F)F)c2nc3ccccc3[nH]2)cc1. The first-order valence-corrected chi connectivity index (χ1v) is 9.50. The Bertz CT molecular complexity index is 1260. The number of para-hydroxylation sites is 3. The molecule has 0 spiro atoms. The standard InChI is InChI=1S/C23H17F3N4O2/c1-32-15-12-10-14(11-13-15)21(31)20(22-27-18-8-4-5-9-19(18)28-22)30-29-17-7-3-2-6-16(17)23(24,25)26/h2-13,29H,1H3,(H,27,28)/b30-20+. The predicted octanol–water partition coefficient (Wildman–Crippen LogP) is 5.29. The zero-order chi connectivity index (χ0) is 22.7. The molecule has 4 rings (SSSR count). The molecule has 0 radical (unpaired) electrons. The van der Waals surface area contributed by atoms with Crippen LogP contribution in [0, 0.1) is 0 Å². The Labute approximate surface area is 180 Å². The molecule has 32 heavy (non-hydrogen) atoms. The van der Waals surface area contributed by atoms with E-state index in [1.54, 1.807) is 48.5 Å². The number of halogens is 3. The molecule has 0 saturated carbocycles. The number of nitrogens with zero attached hydrogens (tertiary/aromatic N) is 2. The van der Waals surface area contributed by atoms with Gasteiger partial charge in [-0.1, -0.05) is 24.3 Å². The topological polar surface area (TPSA) is 79.4 Å². The first-order chi connectivity index (χ1) is 15.4. The predicted molar refractivity (Wildman–Crippen MR) is 115 cm³/mol. The number of carbonyl (C=O) groups is 1. The van der Waals surface area contributed by atoms with Crippen molar-refractivity contribution in [3.63, 3.8) is 0 Å². The lowest BCUT2D eigenvalue weighted by atomic mass is 10.1. The van der Waals surface area contributed by atoms with Gasteiger partial charge in [-0.3, -0.25) is 10.2 Å². The van der Waals surface area contributed by atoms with Gasteiger partial charge in [0.25, 0.3) is 0 Å². The summed E-state index contributed by atoms with van der Waals surface area (Å²) in [6, 6.07) is 18.3. The number of aromatic nitrogens is 2. The number of anilines is 1. The van der Waals surface area contributed by atoms with Crippen LogP contribution >= 0.6 is 0 Å². The summed E-state index contributed by atoms with van der Waals surface area (Å²) in [4.78, 5) is 20.6. The lowest BCUT2D eigenvalue weighted by Crippen LogP contribution is -2.20. The Hall–Kier alpha value is -4.14. The molecule has 0 aliphatic heterocycles. The number of nitrogens with one attached hydrogen (secondary N) is 2. The number of benzene rings is 3. The summed E-state index contributed by atoms with van der Waals surface area (Å²) in [5.41, 5.74) is 2.58. The van der Waals surface area contributed by atoms with E-state index in [9.17, 15) is 18.0 Å². The molecular weight excluding hydrogens is 421 g/mol. The van der Waals surface area contributed by atoms with E-state index < -0.39 is 17.5 Å². The van der Waals surface area contributed by atoms with E-state index in [-0.39, 0.29) is 22.8 Å². The zero-order valence-electron chi connectivity index (χ0n) is 16.8. The Kier molecular flexibility index (Phi) is 5.63. The molecule has 0 atom stereocenters. The van der Waals surface area contributed by atoms with Crippen molar-refractivity contribution in [1.82, 2.24) is 9.97 Å². The number of H-pyrrole nitrogens is 1. The Morgan fingerprint density at radius 1 is 1.00 bits per heavy atom. The summed E-state index contributed by atoms with van der Waals surface area (Å²) in [5.74, 6) is 0.161. The van der Waals surface area contributed by atoms with Crippen LogP contribution in [0.5, 0.6) is 5.75 Å². The molecule has 9 heteroatoms. The molecule has 0 fully saturated rings. The van der Waals surface area contributed by atoms with Crippen LogP contribution in [0.2, 0.25) is 0 Å². The number of methoxy groups -OCH3 is 1. The summed E-state index contributed by atoms with van der Waals surface area (Å²) in [6.07, 6.45) is -4.58. The number of ketones is 1. The van der Waals surface area contributed by atoms with Gasteiger partial charge in [0.2, 0.25) is 5.78 Å². The minimum absolute atomic E-state index is 0.129. The fraction of sp³-hybridized carbons (Fsp3) is 0.0870. The number of imidazole rings is 1. The van der Waals surface area contributed by atoms with Crippen molar-refractivity contribution in [1.29, 1.82) is 0 Å². The third-order valence-corrected chi connectivity index (χ3v) is 4.70. The van der Waals surface area contributed by atoms with Crippen LogP contribution in [0.25, 0.3) is 11.0 Å². The number of rotatable bonds is 6. The largest absolute Gasteiger partial charge is 0.497 e.